The maximum Gasteiger partial charge on any atom is -0.0219 e. The highest BCUT2D eigenvalue weighted by Gasteiger charge is 2.00. The van der Waals surface area contributed by atoms with Crippen LogP contribution in [0.15, 0.2) is 24.3 Å². The first-order chi connectivity index (χ1) is 5.61. The van der Waals surface area contributed by atoms with Gasteiger partial charge in [-0.25, -0.2) is 0 Å². The predicted octanol–water partition coefficient (Wildman–Crippen LogP) is 3.11. The molecule has 74 valence electrons. The highest BCUT2D eigenvalue weighted by atomic mass is 16.0. The van der Waals surface area contributed by atoms with Gasteiger partial charge < -0.3 is 5.48 Å². The summed E-state index contributed by atoms with van der Waals surface area (Å²) < 4.78 is 0. The molecule has 0 fully saturated rings. The second-order valence-corrected chi connectivity index (χ2v) is 3.98. The lowest BCUT2D eigenvalue weighted by Gasteiger charge is -2.08. The molecule has 1 nitrogen and oxygen atoms in total. The lowest BCUT2D eigenvalue weighted by Crippen LogP contribution is -1.90. The molecule has 13 heavy (non-hydrogen) atoms. The molecule has 0 bridgehead atoms. The molecule has 0 aromatic heterocycles. The van der Waals surface area contributed by atoms with Crippen LogP contribution in [0.3, 0.4) is 0 Å². The van der Waals surface area contributed by atoms with Gasteiger partial charge in [-0.1, -0.05) is 52.0 Å². The van der Waals surface area contributed by atoms with Crippen molar-refractivity contribution in [2.75, 3.05) is 0 Å². The van der Waals surface area contributed by atoms with Crippen molar-refractivity contribution in [3.63, 3.8) is 0 Å². The summed E-state index contributed by atoms with van der Waals surface area (Å²) in [5, 5.41) is 0. The fraction of sp³-hybridized carbons (Fsp3) is 0.500. The van der Waals surface area contributed by atoms with E-state index in [2.05, 4.69) is 52.0 Å². The van der Waals surface area contributed by atoms with E-state index < -0.39 is 0 Å². The average molecular weight is 180 g/mol. The number of hydrogen-bond acceptors (Lipinski definition) is 0. The number of rotatable bonds is 2. The predicted molar refractivity (Wildman–Crippen MR) is 58.2 cm³/mol. The molecule has 0 heterocycles. The standard InChI is InChI=1S/C12H18.H2O/c1-9(2)11-5-7-12(8-6-11)10(3)4;/h5-10H,1-4H3;1H2. The summed E-state index contributed by atoms with van der Waals surface area (Å²) >= 11 is 0. The first kappa shape index (κ1) is 12.2. The quantitative estimate of drug-likeness (QED) is 0.669. The first-order valence-corrected chi connectivity index (χ1v) is 4.71. The normalized spacial score (nSPS) is 10.3. The van der Waals surface area contributed by atoms with E-state index in [1.807, 2.05) is 0 Å². The molecular formula is C12H20O. The molecule has 1 rings (SSSR count). The van der Waals surface area contributed by atoms with Crippen molar-refractivity contribution in [3.8, 4) is 0 Å². The van der Waals surface area contributed by atoms with E-state index in [9.17, 15) is 0 Å². The lowest BCUT2D eigenvalue weighted by molar-refractivity contribution is 0.824. The van der Waals surface area contributed by atoms with Crippen molar-refractivity contribution in [3.05, 3.63) is 35.4 Å². The molecule has 1 aromatic carbocycles. The summed E-state index contributed by atoms with van der Waals surface area (Å²) in [6.45, 7) is 8.91. The van der Waals surface area contributed by atoms with Crippen molar-refractivity contribution >= 4 is 0 Å². The van der Waals surface area contributed by atoms with Crippen LogP contribution >= 0.6 is 0 Å². The molecular weight excluding hydrogens is 160 g/mol. The van der Waals surface area contributed by atoms with Crippen LogP contribution in [0.5, 0.6) is 0 Å². The highest BCUT2D eigenvalue weighted by Crippen LogP contribution is 2.18. The summed E-state index contributed by atoms with van der Waals surface area (Å²) in [7, 11) is 0. The Morgan fingerprint density at radius 2 is 0.923 bits per heavy atom. The number of hydrogen-bond donors (Lipinski definition) is 0. The molecule has 1 heteroatoms. The minimum Gasteiger partial charge on any atom is -0.412 e. The molecule has 0 spiro atoms. The fourth-order valence-electron chi connectivity index (χ4n) is 1.27. The monoisotopic (exact) mass is 180 g/mol. The molecule has 0 radical (unpaired) electrons. The third-order valence-electron chi connectivity index (χ3n) is 2.27. The summed E-state index contributed by atoms with van der Waals surface area (Å²) in [5.41, 5.74) is 2.86. The SMILES string of the molecule is CC(C)c1ccc(C(C)C)cc1.O. The topological polar surface area (TPSA) is 31.5 Å². The molecule has 0 amide bonds. The largest absolute Gasteiger partial charge is 0.412 e. The van der Waals surface area contributed by atoms with E-state index in [1.165, 1.54) is 11.1 Å². The first-order valence-electron chi connectivity index (χ1n) is 4.71. The Labute approximate surface area is 81.1 Å². The van der Waals surface area contributed by atoms with E-state index in [-0.39, 0.29) is 5.48 Å². The van der Waals surface area contributed by atoms with Crippen LogP contribution in [-0.4, -0.2) is 5.48 Å². The van der Waals surface area contributed by atoms with E-state index in [0.717, 1.165) is 0 Å². The molecule has 0 aliphatic carbocycles. The van der Waals surface area contributed by atoms with Crippen LogP contribution in [0.4, 0.5) is 0 Å². The smallest absolute Gasteiger partial charge is 0.0219 e. The van der Waals surface area contributed by atoms with Crippen LogP contribution in [0.25, 0.3) is 0 Å². The Morgan fingerprint density at radius 1 is 0.692 bits per heavy atom. The minimum atomic E-state index is 0. The molecule has 0 unspecified atom stereocenters. The van der Waals surface area contributed by atoms with Crippen molar-refractivity contribution in [2.24, 2.45) is 0 Å². The van der Waals surface area contributed by atoms with Crippen molar-refractivity contribution in [1.29, 1.82) is 0 Å². The molecule has 0 saturated heterocycles. The van der Waals surface area contributed by atoms with Crippen LogP contribution < -0.4 is 0 Å². The summed E-state index contributed by atoms with van der Waals surface area (Å²) in [5.74, 6) is 1.29. The lowest BCUT2D eigenvalue weighted by atomic mass is 9.97. The van der Waals surface area contributed by atoms with Gasteiger partial charge in [0.1, 0.15) is 0 Å². The molecule has 0 aliphatic rings. The van der Waals surface area contributed by atoms with Gasteiger partial charge in [0, 0.05) is 0 Å². The van der Waals surface area contributed by atoms with Crippen LogP contribution in [-0.2, 0) is 0 Å². The van der Waals surface area contributed by atoms with Gasteiger partial charge in [-0.15, -0.1) is 0 Å². The Balaban J connectivity index is 0.00000144. The summed E-state index contributed by atoms with van der Waals surface area (Å²) in [6.07, 6.45) is 0. The zero-order chi connectivity index (χ0) is 9.14. The molecule has 2 N–H and O–H groups in total. The van der Waals surface area contributed by atoms with Gasteiger partial charge in [0.15, 0.2) is 0 Å². The maximum absolute atomic E-state index is 2.24. The highest BCUT2D eigenvalue weighted by molar-refractivity contribution is 5.26. The van der Waals surface area contributed by atoms with Crippen molar-refractivity contribution in [2.45, 2.75) is 39.5 Å². The van der Waals surface area contributed by atoms with Gasteiger partial charge in [-0.05, 0) is 23.0 Å². The summed E-state index contributed by atoms with van der Waals surface area (Å²) in [4.78, 5) is 0. The van der Waals surface area contributed by atoms with Gasteiger partial charge in [0.05, 0.1) is 0 Å². The maximum atomic E-state index is 2.24. The molecule has 0 saturated carbocycles. The van der Waals surface area contributed by atoms with Gasteiger partial charge >= 0.3 is 0 Å². The third-order valence-corrected chi connectivity index (χ3v) is 2.27. The second-order valence-electron chi connectivity index (χ2n) is 3.98. The van der Waals surface area contributed by atoms with Crippen molar-refractivity contribution in [1.82, 2.24) is 0 Å². The fourth-order valence-corrected chi connectivity index (χ4v) is 1.27. The number of benzene rings is 1. The Morgan fingerprint density at radius 3 is 1.08 bits per heavy atom. The van der Waals surface area contributed by atoms with Crippen molar-refractivity contribution < 1.29 is 5.48 Å². The van der Waals surface area contributed by atoms with E-state index in [0.29, 0.717) is 11.8 Å². The Bertz CT molecular complexity index is 207. The third kappa shape index (κ3) is 3.19. The summed E-state index contributed by atoms with van der Waals surface area (Å²) in [6, 6.07) is 8.94. The molecule has 1 aromatic rings. The zero-order valence-corrected chi connectivity index (χ0v) is 8.96. The van der Waals surface area contributed by atoms with Gasteiger partial charge in [-0.3, -0.25) is 0 Å². The second kappa shape index (κ2) is 5.03. The molecule has 0 atom stereocenters. The molecule has 0 aliphatic heterocycles. The van der Waals surface area contributed by atoms with E-state index >= 15 is 0 Å². The van der Waals surface area contributed by atoms with E-state index in [4.69, 9.17) is 0 Å². The Kier molecular flexibility index (Phi) is 4.71. The van der Waals surface area contributed by atoms with Crippen LogP contribution in [0.2, 0.25) is 0 Å². The van der Waals surface area contributed by atoms with Gasteiger partial charge in [0.2, 0.25) is 0 Å². The zero-order valence-electron chi connectivity index (χ0n) is 8.96. The minimum absolute atomic E-state index is 0. The van der Waals surface area contributed by atoms with Gasteiger partial charge in [-0.2, -0.15) is 0 Å². The van der Waals surface area contributed by atoms with Gasteiger partial charge in [0.25, 0.3) is 0 Å². The average Bonchev–Trinajstić information content (AvgIpc) is 2.04. The van der Waals surface area contributed by atoms with E-state index in [1.54, 1.807) is 0 Å². The van der Waals surface area contributed by atoms with Crippen LogP contribution in [0, 0.1) is 0 Å². The van der Waals surface area contributed by atoms with Crippen LogP contribution in [0.1, 0.15) is 50.7 Å². The Hall–Kier alpha value is -0.820.